The quantitative estimate of drug-likeness (QED) is 0.287. The van der Waals surface area contributed by atoms with Crippen molar-refractivity contribution in [3.63, 3.8) is 0 Å². The summed E-state index contributed by atoms with van der Waals surface area (Å²) in [5.41, 5.74) is -1.14. The minimum atomic E-state index is -1.19. The lowest BCUT2D eigenvalue weighted by Gasteiger charge is -2.38. The molecule has 2 fully saturated rings. The SMILES string of the molecule is CC(Cc1ccc(-n2ccc(NC(=O)N3CCN(C(=O)C(C)(C)NC(=O)OC(C)(C)C)CC3)nc2=O)cc1)NC1CCC(NC(=O)OC(C)(C)C)CC1. The van der Waals surface area contributed by atoms with Crippen molar-refractivity contribution in [2.45, 2.75) is 129 Å². The van der Waals surface area contributed by atoms with Crippen LogP contribution in [-0.2, 0) is 20.7 Å². The lowest BCUT2D eigenvalue weighted by molar-refractivity contribution is -0.138. The standard InChI is InChI=1S/C38H58N8O7/c1-25(39-27-12-14-28(15-13-27)40-34(50)52-36(2,3)4)24-26-10-16-29(17-11-26)46-19-18-30(42-33(46)49)41-32(48)45-22-20-44(21-23-45)31(47)38(8,9)43-35(51)53-37(5,6)7/h10-11,16-19,25,27-28,39H,12-15,20-24H2,1-9H3,(H,40,50)(H,43,51)(H,41,42,48,49). The number of nitrogens with one attached hydrogen (secondary N) is 4. The number of nitrogens with zero attached hydrogens (tertiary/aromatic N) is 4. The third-order valence-electron chi connectivity index (χ3n) is 8.97. The maximum atomic E-state index is 13.1. The number of aromatic nitrogens is 2. The molecule has 292 valence electrons. The first-order valence-electron chi connectivity index (χ1n) is 18.5. The molecular weight excluding hydrogens is 680 g/mol. The van der Waals surface area contributed by atoms with Crippen LogP contribution in [0.4, 0.5) is 20.2 Å². The lowest BCUT2D eigenvalue weighted by Crippen LogP contribution is -2.60. The summed E-state index contributed by atoms with van der Waals surface area (Å²) in [6.07, 6.45) is 5.11. The number of amides is 5. The van der Waals surface area contributed by atoms with Crippen LogP contribution < -0.4 is 27.0 Å². The van der Waals surface area contributed by atoms with Gasteiger partial charge in [-0.1, -0.05) is 12.1 Å². The summed E-state index contributed by atoms with van der Waals surface area (Å²) in [6.45, 7) is 17.3. The average molecular weight is 739 g/mol. The second-order valence-electron chi connectivity index (χ2n) is 16.6. The van der Waals surface area contributed by atoms with E-state index in [1.54, 1.807) is 56.7 Å². The van der Waals surface area contributed by atoms with Gasteiger partial charge in [-0.15, -0.1) is 0 Å². The fourth-order valence-electron chi connectivity index (χ4n) is 6.46. The smallest absolute Gasteiger partial charge is 0.408 e. The monoisotopic (exact) mass is 738 g/mol. The van der Waals surface area contributed by atoms with Crippen LogP contribution >= 0.6 is 0 Å². The number of hydrogen-bond acceptors (Lipinski definition) is 9. The second kappa shape index (κ2) is 17.0. The number of urea groups is 1. The van der Waals surface area contributed by atoms with Crippen molar-refractivity contribution in [2.75, 3.05) is 31.5 Å². The summed E-state index contributed by atoms with van der Waals surface area (Å²) in [4.78, 5) is 70.7. The molecule has 1 aromatic carbocycles. The van der Waals surface area contributed by atoms with E-state index in [4.69, 9.17) is 9.47 Å². The van der Waals surface area contributed by atoms with Crippen LogP contribution in [-0.4, -0.2) is 105 Å². The summed E-state index contributed by atoms with van der Waals surface area (Å²) in [7, 11) is 0. The number of piperazine rings is 1. The van der Waals surface area contributed by atoms with Crippen molar-refractivity contribution in [2.24, 2.45) is 0 Å². The molecule has 15 heteroatoms. The summed E-state index contributed by atoms with van der Waals surface area (Å²) >= 11 is 0. The molecule has 1 atom stereocenters. The molecule has 2 heterocycles. The Morgan fingerprint density at radius 3 is 1.91 bits per heavy atom. The highest BCUT2D eigenvalue weighted by Gasteiger charge is 2.37. The van der Waals surface area contributed by atoms with Gasteiger partial charge in [-0.3, -0.25) is 14.7 Å². The lowest BCUT2D eigenvalue weighted by atomic mass is 9.90. The Balaban J connectivity index is 1.21. The van der Waals surface area contributed by atoms with E-state index in [0.29, 0.717) is 11.7 Å². The van der Waals surface area contributed by atoms with Gasteiger partial charge in [0, 0.05) is 50.5 Å². The first-order chi connectivity index (χ1) is 24.7. The zero-order valence-corrected chi connectivity index (χ0v) is 32.7. The Morgan fingerprint density at radius 2 is 1.34 bits per heavy atom. The number of ether oxygens (including phenoxy) is 2. The van der Waals surface area contributed by atoms with E-state index in [2.05, 4.69) is 33.2 Å². The van der Waals surface area contributed by atoms with Crippen molar-refractivity contribution >= 4 is 29.9 Å². The van der Waals surface area contributed by atoms with Crippen molar-refractivity contribution in [3.8, 4) is 5.69 Å². The number of rotatable bonds is 9. The van der Waals surface area contributed by atoms with Crippen molar-refractivity contribution in [3.05, 3.63) is 52.6 Å². The number of benzene rings is 1. The van der Waals surface area contributed by atoms with E-state index in [9.17, 15) is 24.0 Å². The van der Waals surface area contributed by atoms with E-state index < -0.39 is 34.6 Å². The van der Waals surface area contributed by atoms with Crippen LogP contribution in [0.25, 0.3) is 5.69 Å². The van der Waals surface area contributed by atoms with Crippen molar-refractivity contribution in [1.82, 2.24) is 35.3 Å². The summed E-state index contributed by atoms with van der Waals surface area (Å²) in [6, 6.07) is 9.64. The van der Waals surface area contributed by atoms with E-state index in [1.807, 2.05) is 45.0 Å². The summed E-state index contributed by atoms with van der Waals surface area (Å²) in [5.74, 6) is -0.151. The highest BCUT2D eigenvalue weighted by atomic mass is 16.6. The van der Waals surface area contributed by atoms with Gasteiger partial charge < -0.3 is 35.2 Å². The molecule has 15 nitrogen and oxygen atoms in total. The molecule has 1 aliphatic carbocycles. The van der Waals surface area contributed by atoms with Gasteiger partial charge in [0.05, 0.1) is 5.69 Å². The molecule has 53 heavy (non-hydrogen) atoms. The Kier molecular flexibility index (Phi) is 13.2. The fourth-order valence-corrected chi connectivity index (χ4v) is 6.46. The number of anilines is 1. The maximum Gasteiger partial charge on any atom is 0.408 e. The third-order valence-corrected chi connectivity index (χ3v) is 8.97. The van der Waals surface area contributed by atoms with E-state index in [1.165, 1.54) is 4.57 Å². The first kappa shape index (κ1) is 41.1. The van der Waals surface area contributed by atoms with Gasteiger partial charge in [-0.05, 0) is 118 Å². The molecule has 1 unspecified atom stereocenters. The molecule has 1 saturated carbocycles. The van der Waals surface area contributed by atoms with E-state index >= 15 is 0 Å². The van der Waals surface area contributed by atoms with Crippen molar-refractivity contribution < 1.29 is 28.7 Å². The predicted molar refractivity (Wildman–Crippen MR) is 202 cm³/mol. The zero-order chi connectivity index (χ0) is 39.1. The van der Waals surface area contributed by atoms with Crippen LogP contribution in [0.15, 0.2) is 41.3 Å². The number of hydrogen-bond donors (Lipinski definition) is 4. The fraction of sp³-hybridized carbons (Fsp3) is 0.632. The van der Waals surface area contributed by atoms with Gasteiger partial charge in [0.25, 0.3) is 0 Å². The van der Waals surface area contributed by atoms with Crippen molar-refractivity contribution in [1.29, 1.82) is 0 Å². The molecule has 4 rings (SSSR count). The number of carbonyl (C=O) groups excluding carboxylic acids is 4. The van der Waals surface area contributed by atoms with E-state index in [0.717, 1.165) is 37.7 Å². The van der Waals surface area contributed by atoms with Gasteiger partial charge in [-0.2, -0.15) is 4.98 Å². The zero-order valence-electron chi connectivity index (χ0n) is 32.7. The van der Waals surface area contributed by atoms with Gasteiger partial charge >= 0.3 is 23.9 Å². The molecule has 1 aliphatic heterocycles. The minimum Gasteiger partial charge on any atom is -0.444 e. The van der Waals surface area contributed by atoms with Crippen LogP contribution in [0.5, 0.6) is 0 Å². The third kappa shape index (κ3) is 12.8. The van der Waals surface area contributed by atoms with Crippen LogP contribution in [0.3, 0.4) is 0 Å². The molecule has 0 bridgehead atoms. The maximum absolute atomic E-state index is 13.1. The molecule has 2 aromatic rings. The van der Waals surface area contributed by atoms with Crippen LogP contribution in [0.1, 0.15) is 93.6 Å². The molecule has 0 radical (unpaired) electrons. The molecule has 4 N–H and O–H groups in total. The second-order valence-corrected chi connectivity index (χ2v) is 16.6. The summed E-state index contributed by atoms with van der Waals surface area (Å²) < 4.78 is 12.1. The number of carbonyl (C=O) groups is 4. The molecular formula is C38H58N8O7. The molecule has 2 aliphatic rings. The normalized spacial score (nSPS) is 18.8. The molecule has 0 spiro atoms. The topological polar surface area (TPSA) is 176 Å². The highest BCUT2D eigenvalue weighted by molar-refractivity contribution is 5.90. The van der Waals surface area contributed by atoms with Crippen LogP contribution in [0.2, 0.25) is 0 Å². The van der Waals surface area contributed by atoms with Gasteiger partial charge in [0.2, 0.25) is 5.91 Å². The first-order valence-corrected chi connectivity index (χ1v) is 18.5. The average Bonchev–Trinajstić information content (AvgIpc) is 3.04. The molecule has 1 aromatic heterocycles. The molecule has 5 amide bonds. The Hall–Kier alpha value is -4.66. The van der Waals surface area contributed by atoms with Gasteiger partial charge in [-0.25, -0.2) is 19.2 Å². The molecule has 1 saturated heterocycles. The van der Waals surface area contributed by atoms with E-state index in [-0.39, 0.29) is 56.1 Å². The highest BCUT2D eigenvalue weighted by Crippen LogP contribution is 2.21. The van der Waals surface area contributed by atoms with Crippen LogP contribution in [0, 0.1) is 0 Å². The Labute approximate surface area is 312 Å². The number of alkyl carbamates (subject to hydrolysis) is 2. The van der Waals surface area contributed by atoms with Gasteiger partial charge in [0.1, 0.15) is 22.6 Å². The van der Waals surface area contributed by atoms with Gasteiger partial charge in [0.15, 0.2) is 0 Å². The largest absolute Gasteiger partial charge is 0.444 e. The minimum absolute atomic E-state index is 0.128. The Morgan fingerprint density at radius 1 is 0.792 bits per heavy atom. The summed E-state index contributed by atoms with van der Waals surface area (Å²) in [5, 5.41) is 12.0. The Bertz CT molecular complexity index is 1650. The predicted octanol–water partition coefficient (Wildman–Crippen LogP) is 4.57.